The van der Waals surface area contributed by atoms with Crippen molar-refractivity contribution in [3.8, 4) is 0 Å². The third-order valence-electron chi connectivity index (χ3n) is 2.84. The number of hydrogen-bond donors (Lipinski definition) is 1. The van der Waals surface area contributed by atoms with E-state index in [0.29, 0.717) is 17.6 Å². The number of nitrogens with zero attached hydrogens (tertiary/aromatic N) is 2. The Kier molecular flexibility index (Phi) is 3.14. The van der Waals surface area contributed by atoms with Crippen LogP contribution >= 0.6 is 0 Å². The SMILES string of the molecule is OCc1noc(CC2CCCCC2)n1. The highest BCUT2D eigenvalue weighted by molar-refractivity contribution is 4.86. The predicted octanol–water partition coefficient (Wildman–Crippen LogP) is 1.68. The van der Waals surface area contributed by atoms with Gasteiger partial charge in [0.2, 0.25) is 5.89 Å². The lowest BCUT2D eigenvalue weighted by molar-refractivity contribution is 0.261. The summed E-state index contributed by atoms with van der Waals surface area (Å²) < 4.78 is 5.04. The summed E-state index contributed by atoms with van der Waals surface area (Å²) in [6.45, 7) is -0.131. The third kappa shape index (κ3) is 2.32. The Labute approximate surface area is 83.3 Å². The lowest BCUT2D eigenvalue weighted by Gasteiger charge is -2.19. The molecule has 14 heavy (non-hydrogen) atoms. The highest BCUT2D eigenvalue weighted by atomic mass is 16.5. The van der Waals surface area contributed by atoms with Crippen molar-refractivity contribution in [3.05, 3.63) is 11.7 Å². The summed E-state index contributed by atoms with van der Waals surface area (Å²) in [6.07, 6.45) is 7.44. The largest absolute Gasteiger partial charge is 0.388 e. The molecular weight excluding hydrogens is 180 g/mol. The summed E-state index contributed by atoms with van der Waals surface area (Å²) in [5, 5.41) is 12.4. The van der Waals surface area contributed by atoms with Crippen LogP contribution in [-0.4, -0.2) is 15.2 Å². The summed E-state index contributed by atoms with van der Waals surface area (Å²) in [5.74, 6) is 1.78. The Morgan fingerprint density at radius 3 is 2.71 bits per heavy atom. The Bertz CT molecular complexity index is 279. The van der Waals surface area contributed by atoms with Crippen molar-refractivity contribution in [3.63, 3.8) is 0 Å². The van der Waals surface area contributed by atoms with E-state index in [2.05, 4.69) is 10.1 Å². The van der Waals surface area contributed by atoms with E-state index in [1.54, 1.807) is 0 Å². The fraction of sp³-hybridized carbons (Fsp3) is 0.800. The van der Waals surface area contributed by atoms with Crippen LogP contribution in [-0.2, 0) is 13.0 Å². The highest BCUT2D eigenvalue weighted by Crippen LogP contribution is 2.26. The van der Waals surface area contributed by atoms with Gasteiger partial charge in [-0.1, -0.05) is 24.4 Å². The molecule has 1 aliphatic rings. The van der Waals surface area contributed by atoms with E-state index in [-0.39, 0.29) is 6.61 Å². The van der Waals surface area contributed by atoms with Crippen molar-refractivity contribution in [1.29, 1.82) is 0 Å². The van der Waals surface area contributed by atoms with E-state index >= 15 is 0 Å². The molecule has 0 aromatic carbocycles. The molecule has 1 saturated carbocycles. The highest BCUT2D eigenvalue weighted by Gasteiger charge is 2.17. The first-order chi connectivity index (χ1) is 6.88. The topological polar surface area (TPSA) is 59.2 Å². The average molecular weight is 196 g/mol. The Hall–Kier alpha value is -0.900. The van der Waals surface area contributed by atoms with E-state index in [0.717, 1.165) is 6.42 Å². The molecule has 0 radical (unpaired) electrons. The van der Waals surface area contributed by atoms with Crippen LogP contribution in [0.4, 0.5) is 0 Å². The van der Waals surface area contributed by atoms with Gasteiger partial charge in [-0.15, -0.1) is 0 Å². The van der Waals surface area contributed by atoms with E-state index < -0.39 is 0 Å². The second-order valence-corrected chi connectivity index (χ2v) is 3.97. The van der Waals surface area contributed by atoms with E-state index in [9.17, 15) is 0 Å². The molecule has 1 heterocycles. The van der Waals surface area contributed by atoms with E-state index in [1.165, 1.54) is 32.1 Å². The fourth-order valence-electron chi connectivity index (χ4n) is 2.08. The molecule has 0 aliphatic heterocycles. The maximum Gasteiger partial charge on any atom is 0.227 e. The summed E-state index contributed by atoms with van der Waals surface area (Å²) in [7, 11) is 0. The van der Waals surface area contributed by atoms with Crippen molar-refractivity contribution in [2.24, 2.45) is 5.92 Å². The minimum atomic E-state index is -0.131. The van der Waals surface area contributed by atoms with Gasteiger partial charge in [-0.25, -0.2) is 0 Å². The van der Waals surface area contributed by atoms with E-state index in [4.69, 9.17) is 9.63 Å². The molecule has 0 amide bonds. The van der Waals surface area contributed by atoms with Crippen LogP contribution < -0.4 is 0 Å². The zero-order valence-electron chi connectivity index (χ0n) is 8.28. The normalized spacial score (nSPS) is 18.6. The van der Waals surface area contributed by atoms with Gasteiger partial charge in [0, 0.05) is 6.42 Å². The lowest BCUT2D eigenvalue weighted by atomic mass is 9.87. The van der Waals surface area contributed by atoms with Crippen molar-refractivity contribution in [1.82, 2.24) is 10.1 Å². The van der Waals surface area contributed by atoms with Crippen molar-refractivity contribution in [2.75, 3.05) is 0 Å². The van der Waals surface area contributed by atoms with Crippen LogP contribution in [0, 0.1) is 5.92 Å². The fourth-order valence-corrected chi connectivity index (χ4v) is 2.08. The molecule has 1 N–H and O–H groups in total. The number of hydrogen-bond acceptors (Lipinski definition) is 4. The maximum absolute atomic E-state index is 8.77. The van der Waals surface area contributed by atoms with Crippen LogP contribution in [0.2, 0.25) is 0 Å². The zero-order valence-corrected chi connectivity index (χ0v) is 8.28. The molecule has 0 atom stereocenters. The molecule has 2 rings (SSSR count). The third-order valence-corrected chi connectivity index (χ3v) is 2.84. The molecule has 4 nitrogen and oxygen atoms in total. The smallest absolute Gasteiger partial charge is 0.227 e. The molecule has 1 aromatic heterocycles. The van der Waals surface area contributed by atoms with Gasteiger partial charge in [0.15, 0.2) is 5.82 Å². The van der Waals surface area contributed by atoms with E-state index in [1.807, 2.05) is 0 Å². The number of aromatic nitrogens is 2. The Balaban J connectivity index is 1.89. The number of aliphatic hydroxyl groups is 1. The van der Waals surface area contributed by atoms with Crippen molar-refractivity contribution in [2.45, 2.75) is 45.1 Å². The van der Waals surface area contributed by atoms with Crippen molar-refractivity contribution < 1.29 is 9.63 Å². The van der Waals surface area contributed by atoms with Gasteiger partial charge >= 0.3 is 0 Å². The van der Waals surface area contributed by atoms with Crippen molar-refractivity contribution >= 4 is 0 Å². The number of aliphatic hydroxyl groups excluding tert-OH is 1. The molecule has 1 aliphatic carbocycles. The van der Waals surface area contributed by atoms with Crippen LogP contribution in [0.25, 0.3) is 0 Å². The quantitative estimate of drug-likeness (QED) is 0.799. The molecule has 78 valence electrons. The summed E-state index contributed by atoms with van der Waals surface area (Å²) >= 11 is 0. The number of rotatable bonds is 3. The summed E-state index contributed by atoms with van der Waals surface area (Å²) in [6, 6.07) is 0. The maximum atomic E-state index is 8.77. The first kappa shape index (κ1) is 9.65. The summed E-state index contributed by atoms with van der Waals surface area (Å²) in [4.78, 5) is 4.10. The Morgan fingerprint density at radius 2 is 2.07 bits per heavy atom. The van der Waals surface area contributed by atoms with Crippen LogP contribution in [0.1, 0.15) is 43.8 Å². The molecule has 0 saturated heterocycles. The average Bonchev–Trinajstić information content (AvgIpc) is 2.67. The summed E-state index contributed by atoms with van der Waals surface area (Å²) in [5.41, 5.74) is 0. The van der Waals surface area contributed by atoms with Crippen LogP contribution in [0.5, 0.6) is 0 Å². The van der Waals surface area contributed by atoms with Gasteiger partial charge < -0.3 is 9.63 Å². The van der Waals surface area contributed by atoms with Gasteiger partial charge in [-0.2, -0.15) is 4.98 Å². The predicted molar refractivity (Wildman–Crippen MR) is 50.5 cm³/mol. The first-order valence-corrected chi connectivity index (χ1v) is 5.31. The zero-order chi connectivity index (χ0) is 9.80. The van der Waals surface area contributed by atoms with Gasteiger partial charge in [-0.3, -0.25) is 0 Å². The molecule has 0 unspecified atom stereocenters. The second-order valence-electron chi connectivity index (χ2n) is 3.97. The standard InChI is InChI=1S/C10H16N2O2/c13-7-9-11-10(14-12-9)6-8-4-2-1-3-5-8/h8,13H,1-7H2. The van der Waals surface area contributed by atoms with Gasteiger partial charge in [0.1, 0.15) is 6.61 Å². The minimum absolute atomic E-state index is 0.131. The first-order valence-electron chi connectivity index (χ1n) is 5.31. The monoisotopic (exact) mass is 196 g/mol. The second kappa shape index (κ2) is 4.55. The molecule has 4 heteroatoms. The molecular formula is C10H16N2O2. The van der Waals surface area contributed by atoms with Gasteiger partial charge in [-0.05, 0) is 18.8 Å². The lowest BCUT2D eigenvalue weighted by Crippen LogP contribution is -2.09. The molecule has 1 aromatic rings. The van der Waals surface area contributed by atoms with Gasteiger partial charge in [0.05, 0.1) is 0 Å². The van der Waals surface area contributed by atoms with Gasteiger partial charge in [0.25, 0.3) is 0 Å². The minimum Gasteiger partial charge on any atom is -0.388 e. The van der Waals surface area contributed by atoms with Crippen LogP contribution in [0.15, 0.2) is 4.52 Å². The Morgan fingerprint density at radius 1 is 1.29 bits per heavy atom. The van der Waals surface area contributed by atoms with Crippen LogP contribution in [0.3, 0.4) is 0 Å². The molecule has 1 fully saturated rings. The molecule has 0 bridgehead atoms. The molecule has 0 spiro atoms.